The van der Waals surface area contributed by atoms with Gasteiger partial charge >= 0.3 is 0 Å². The minimum Gasteiger partial charge on any atom is -0.311 e. The van der Waals surface area contributed by atoms with Gasteiger partial charge in [-0.05, 0) is 45.8 Å². The number of hydrogen-bond acceptors (Lipinski definition) is 2. The van der Waals surface area contributed by atoms with E-state index in [1.165, 1.54) is 38.4 Å². The standard InChI is InChI=1S/C30H17N3/c31-16-18-7-5-14-28(26(18)17-32)33-27-13-4-3-10-21(27)25-15-24-20-9-2-1-8-19(20)22-11-6-12-23(29(22)24)30(25)33/h1-15,18,26H. The van der Waals surface area contributed by atoms with Crippen molar-refractivity contribution in [3.63, 3.8) is 0 Å². The largest absolute Gasteiger partial charge is 0.311 e. The molecule has 1 heterocycles. The van der Waals surface area contributed by atoms with Crippen LogP contribution in [0.1, 0.15) is 0 Å². The van der Waals surface area contributed by atoms with Crippen LogP contribution in [0.5, 0.6) is 0 Å². The van der Waals surface area contributed by atoms with Gasteiger partial charge in [-0.1, -0.05) is 72.8 Å². The Balaban J connectivity index is 1.69. The van der Waals surface area contributed by atoms with Crippen LogP contribution in [-0.2, 0) is 0 Å². The van der Waals surface area contributed by atoms with Crippen molar-refractivity contribution in [2.45, 2.75) is 0 Å². The van der Waals surface area contributed by atoms with E-state index in [0.29, 0.717) is 0 Å². The third-order valence-electron chi connectivity index (χ3n) is 7.11. The Labute approximate surface area is 190 Å². The lowest BCUT2D eigenvalue weighted by atomic mass is 9.87. The Morgan fingerprint density at radius 3 is 2.24 bits per heavy atom. The summed E-state index contributed by atoms with van der Waals surface area (Å²) in [6, 6.07) is 30.5. The van der Waals surface area contributed by atoms with Crippen LogP contribution >= 0.6 is 0 Å². The maximum absolute atomic E-state index is 10.0. The van der Waals surface area contributed by atoms with Gasteiger partial charge in [0.25, 0.3) is 0 Å². The molecule has 3 heteroatoms. The summed E-state index contributed by atoms with van der Waals surface area (Å²) in [5.74, 6) is -0.994. The molecule has 5 aromatic rings. The second kappa shape index (κ2) is 6.45. The zero-order chi connectivity index (χ0) is 22.1. The lowest BCUT2D eigenvalue weighted by molar-refractivity contribution is 0.687. The zero-order valence-electron chi connectivity index (χ0n) is 17.7. The molecule has 33 heavy (non-hydrogen) atoms. The van der Waals surface area contributed by atoms with Crippen LogP contribution < -0.4 is 0 Å². The van der Waals surface area contributed by atoms with Crippen molar-refractivity contribution in [3.8, 4) is 34.4 Å². The predicted molar refractivity (Wildman–Crippen MR) is 133 cm³/mol. The lowest BCUT2D eigenvalue weighted by Gasteiger charge is -2.22. The molecule has 0 radical (unpaired) electrons. The summed E-state index contributed by atoms with van der Waals surface area (Å²) in [5, 5.41) is 24.5. The molecule has 0 saturated heterocycles. The molecule has 152 valence electrons. The summed E-state index contributed by atoms with van der Waals surface area (Å²) < 4.78 is 2.22. The Morgan fingerprint density at radius 2 is 1.42 bits per heavy atom. The van der Waals surface area contributed by atoms with Gasteiger partial charge in [0.1, 0.15) is 5.92 Å². The van der Waals surface area contributed by atoms with Gasteiger partial charge in [0.2, 0.25) is 0 Å². The summed E-state index contributed by atoms with van der Waals surface area (Å²) in [6.07, 6.45) is 5.73. The molecule has 1 aromatic heterocycles. The Kier molecular flexibility index (Phi) is 3.52. The molecule has 0 aliphatic heterocycles. The van der Waals surface area contributed by atoms with Crippen molar-refractivity contribution in [1.29, 1.82) is 10.5 Å². The van der Waals surface area contributed by atoms with Crippen LogP contribution in [0, 0.1) is 34.5 Å². The Hall–Kier alpha value is -4.60. The fraction of sp³-hybridized carbons (Fsp3) is 0.0667. The number of benzene rings is 4. The molecule has 2 aliphatic rings. The summed E-state index contributed by atoms with van der Waals surface area (Å²) in [5.41, 5.74) is 8.06. The van der Waals surface area contributed by atoms with Gasteiger partial charge in [-0.2, -0.15) is 10.5 Å². The molecular formula is C30H17N3. The first kappa shape index (κ1) is 18.0. The van der Waals surface area contributed by atoms with Crippen LogP contribution in [-0.4, -0.2) is 4.57 Å². The molecule has 7 rings (SSSR count). The summed E-state index contributed by atoms with van der Waals surface area (Å²) >= 11 is 0. The number of nitrogens with zero attached hydrogens (tertiary/aromatic N) is 3. The maximum atomic E-state index is 10.0. The van der Waals surface area contributed by atoms with Crippen LogP contribution in [0.4, 0.5) is 0 Å². The monoisotopic (exact) mass is 419 g/mol. The topological polar surface area (TPSA) is 52.5 Å². The molecular weight excluding hydrogens is 402 g/mol. The smallest absolute Gasteiger partial charge is 0.106 e. The van der Waals surface area contributed by atoms with Gasteiger partial charge in [-0.25, -0.2) is 0 Å². The van der Waals surface area contributed by atoms with Gasteiger partial charge < -0.3 is 4.57 Å². The second-order valence-electron chi connectivity index (χ2n) is 8.68. The third-order valence-corrected chi connectivity index (χ3v) is 7.11. The van der Waals surface area contributed by atoms with Crippen molar-refractivity contribution >= 4 is 38.3 Å². The van der Waals surface area contributed by atoms with Crippen molar-refractivity contribution in [1.82, 2.24) is 4.57 Å². The van der Waals surface area contributed by atoms with Gasteiger partial charge in [0.15, 0.2) is 0 Å². The number of allylic oxidation sites excluding steroid dienone is 4. The van der Waals surface area contributed by atoms with Crippen molar-refractivity contribution in [2.75, 3.05) is 0 Å². The van der Waals surface area contributed by atoms with E-state index in [-0.39, 0.29) is 0 Å². The van der Waals surface area contributed by atoms with Crippen molar-refractivity contribution in [3.05, 3.63) is 91.0 Å². The van der Waals surface area contributed by atoms with Gasteiger partial charge in [0, 0.05) is 21.9 Å². The molecule has 3 nitrogen and oxygen atoms in total. The van der Waals surface area contributed by atoms with Crippen molar-refractivity contribution in [2.24, 2.45) is 11.8 Å². The van der Waals surface area contributed by atoms with Gasteiger partial charge in [-0.3, -0.25) is 0 Å². The lowest BCUT2D eigenvalue weighted by Crippen LogP contribution is -2.17. The fourth-order valence-electron chi connectivity index (χ4n) is 5.74. The van der Waals surface area contributed by atoms with E-state index in [9.17, 15) is 10.5 Å². The van der Waals surface area contributed by atoms with Crippen LogP contribution in [0.3, 0.4) is 0 Å². The minimum absolute atomic E-state index is 0.466. The van der Waals surface area contributed by atoms with E-state index < -0.39 is 11.8 Å². The van der Waals surface area contributed by atoms with Crippen LogP contribution in [0.15, 0.2) is 91.0 Å². The molecule has 0 amide bonds. The molecule has 0 fully saturated rings. The number of fused-ring (bicyclic) bond motifs is 7. The Morgan fingerprint density at radius 1 is 0.697 bits per heavy atom. The quantitative estimate of drug-likeness (QED) is 0.281. The molecule has 2 unspecified atom stereocenters. The van der Waals surface area contributed by atoms with Gasteiger partial charge in [-0.15, -0.1) is 0 Å². The highest BCUT2D eigenvalue weighted by atomic mass is 15.0. The average Bonchev–Trinajstić information content (AvgIpc) is 3.38. The van der Waals surface area contributed by atoms with E-state index in [4.69, 9.17) is 0 Å². The van der Waals surface area contributed by atoms with E-state index >= 15 is 0 Å². The molecule has 0 bridgehead atoms. The highest BCUT2D eigenvalue weighted by Gasteiger charge is 2.30. The minimum atomic E-state index is -0.528. The van der Waals surface area contributed by atoms with Crippen LogP contribution in [0.25, 0.3) is 60.5 Å². The van der Waals surface area contributed by atoms with Crippen molar-refractivity contribution < 1.29 is 0 Å². The number of para-hydroxylation sites is 1. The normalized spacial score (nSPS) is 18.3. The van der Waals surface area contributed by atoms with E-state index in [1.807, 2.05) is 24.3 Å². The zero-order valence-corrected chi connectivity index (χ0v) is 17.7. The van der Waals surface area contributed by atoms with E-state index in [0.717, 1.165) is 22.1 Å². The Bertz CT molecular complexity index is 1800. The first-order chi connectivity index (χ1) is 16.3. The second-order valence-corrected chi connectivity index (χ2v) is 8.68. The number of aromatic nitrogens is 1. The number of rotatable bonds is 1. The highest BCUT2D eigenvalue weighted by molar-refractivity contribution is 6.27. The third kappa shape index (κ3) is 2.21. The summed E-state index contributed by atoms with van der Waals surface area (Å²) in [7, 11) is 0. The average molecular weight is 419 g/mol. The highest BCUT2D eigenvalue weighted by Crippen LogP contribution is 2.51. The number of hydrogen-bond donors (Lipinski definition) is 0. The fourth-order valence-corrected chi connectivity index (χ4v) is 5.74. The molecule has 0 saturated carbocycles. The van der Waals surface area contributed by atoms with E-state index in [2.05, 4.69) is 83.4 Å². The number of nitriles is 2. The summed E-state index contributed by atoms with van der Waals surface area (Å²) in [4.78, 5) is 0. The van der Waals surface area contributed by atoms with Gasteiger partial charge in [0.05, 0.1) is 29.1 Å². The van der Waals surface area contributed by atoms with Crippen LogP contribution in [0.2, 0.25) is 0 Å². The molecule has 0 spiro atoms. The molecule has 2 atom stereocenters. The first-order valence-corrected chi connectivity index (χ1v) is 11.1. The molecule has 4 aromatic carbocycles. The molecule has 0 N–H and O–H groups in total. The SMILES string of the molecule is N#CC1C=CC=C(n2c3ccccc3c3cc4c5c(cccc5c32)-c2ccccc2-4)C1C#N. The predicted octanol–water partition coefficient (Wildman–Crippen LogP) is 7.29. The first-order valence-electron chi connectivity index (χ1n) is 11.1. The maximum Gasteiger partial charge on any atom is 0.106 e. The molecule has 2 aliphatic carbocycles. The summed E-state index contributed by atoms with van der Waals surface area (Å²) in [6.45, 7) is 0. The van der Waals surface area contributed by atoms with E-state index in [1.54, 1.807) is 0 Å².